The standard InChI is InChI=1S/C26H24P.ClH/c1-22-12-11-13-23(20-22)21-27(24-14-5-2-6-15-24,25-16-7-3-8-17-25)26-18-9-4-10-19-26;/h2-20H,21H2,1H3;1H/q+1;. The third-order valence-corrected chi connectivity index (χ3v) is 9.47. The second-order valence-electron chi connectivity index (χ2n) is 6.96. The minimum atomic E-state index is -1.79. The highest BCUT2D eigenvalue weighted by molar-refractivity contribution is 7.95. The van der Waals surface area contributed by atoms with Crippen molar-refractivity contribution >= 4 is 35.6 Å². The second-order valence-corrected chi connectivity index (χ2v) is 10.4. The summed E-state index contributed by atoms with van der Waals surface area (Å²) in [6.07, 6.45) is 1.03. The molecule has 0 saturated heterocycles. The molecule has 0 aliphatic rings. The zero-order valence-electron chi connectivity index (χ0n) is 16.0. The average Bonchev–Trinajstić information content (AvgIpc) is 2.74. The summed E-state index contributed by atoms with van der Waals surface area (Å²) in [6.45, 7) is 2.18. The van der Waals surface area contributed by atoms with Crippen LogP contribution in [0.25, 0.3) is 0 Å². The van der Waals surface area contributed by atoms with Crippen molar-refractivity contribution in [3.8, 4) is 0 Å². The molecule has 0 aliphatic carbocycles. The van der Waals surface area contributed by atoms with Gasteiger partial charge in [-0.25, -0.2) is 0 Å². The van der Waals surface area contributed by atoms with Gasteiger partial charge < -0.3 is 0 Å². The summed E-state index contributed by atoms with van der Waals surface area (Å²) in [7, 11) is -1.79. The smallest absolute Gasteiger partial charge is 0.116 e. The van der Waals surface area contributed by atoms with Gasteiger partial charge in [-0.1, -0.05) is 84.4 Å². The van der Waals surface area contributed by atoms with Gasteiger partial charge >= 0.3 is 0 Å². The van der Waals surface area contributed by atoms with Crippen LogP contribution in [0.4, 0.5) is 0 Å². The SMILES string of the molecule is Cc1cccc(C[P+](c2ccccc2)(c2ccccc2)c2ccccc2)c1.Cl. The molecule has 2 heteroatoms. The Morgan fingerprint density at radius 3 is 1.36 bits per heavy atom. The number of halogens is 1. The van der Waals surface area contributed by atoms with E-state index in [4.69, 9.17) is 0 Å². The van der Waals surface area contributed by atoms with Crippen LogP contribution in [0.2, 0.25) is 0 Å². The number of benzene rings is 4. The van der Waals surface area contributed by atoms with Crippen molar-refractivity contribution in [1.29, 1.82) is 0 Å². The third-order valence-electron chi connectivity index (χ3n) is 5.09. The summed E-state index contributed by atoms with van der Waals surface area (Å²) >= 11 is 0. The zero-order valence-corrected chi connectivity index (χ0v) is 17.7. The predicted molar refractivity (Wildman–Crippen MR) is 127 cm³/mol. The summed E-state index contributed by atoms with van der Waals surface area (Å²) in [5, 5.41) is 4.30. The Morgan fingerprint density at radius 2 is 0.964 bits per heavy atom. The molecule has 0 aliphatic heterocycles. The van der Waals surface area contributed by atoms with E-state index in [-0.39, 0.29) is 12.4 Å². The van der Waals surface area contributed by atoms with Crippen LogP contribution >= 0.6 is 19.7 Å². The largest absolute Gasteiger partial charge is 0.147 e. The fourth-order valence-electron chi connectivity index (χ4n) is 3.85. The molecule has 0 aromatic heterocycles. The Balaban J connectivity index is 0.00000225. The van der Waals surface area contributed by atoms with Gasteiger partial charge in [0.1, 0.15) is 23.2 Å². The van der Waals surface area contributed by atoms with Gasteiger partial charge in [0.25, 0.3) is 0 Å². The maximum atomic E-state index is 2.34. The Morgan fingerprint density at radius 1 is 0.536 bits per heavy atom. The van der Waals surface area contributed by atoms with Gasteiger partial charge in [0.2, 0.25) is 0 Å². The lowest BCUT2D eigenvalue weighted by atomic mass is 10.2. The van der Waals surface area contributed by atoms with Crippen LogP contribution in [0.1, 0.15) is 11.1 Å². The van der Waals surface area contributed by atoms with Crippen LogP contribution in [0.15, 0.2) is 115 Å². The summed E-state index contributed by atoms with van der Waals surface area (Å²) < 4.78 is 0. The molecule has 4 rings (SSSR count). The van der Waals surface area contributed by atoms with E-state index in [0.717, 1.165) is 6.16 Å². The summed E-state index contributed by atoms with van der Waals surface area (Å²) in [5.41, 5.74) is 2.72. The molecule has 0 saturated carbocycles. The van der Waals surface area contributed by atoms with Gasteiger partial charge in [-0.3, -0.25) is 0 Å². The second kappa shape index (κ2) is 9.20. The topological polar surface area (TPSA) is 0 Å². The van der Waals surface area contributed by atoms with E-state index >= 15 is 0 Å². The predicted octanol–water partition coefficient (Wildman–Crippen LogP) is 5.91. The lowest BCUT2D eigenvalue weighted by molar-refractivity contribution is 1.34. The molecule has 28 heavy (non-hydrogen) atoms. The highest BCUT2D eigenvalue weighted by Gasteiger charge is 2.45. The third kappa shape index (κ3) is 4.04. The van der Waals surface area contributed by atoms with E-state index in [0.29, 0.717) is 0 Å². The molecule has 0 nitrogen and oxygen atoms in total. The van der Waals surface area contributed by atoms with E-state index in [1.807, 2.05) is 0 Å². The molecule has 0 N–H and O–H groups in total. The molecule has 0 spiro atoms. The van der Waals surface area contributed by atoms with E-state index in [1.165, 1.54) is 27.0 Å². The van der Waals surface area contributed by atoms with Gasteiger partial charge in [-0.05, 0) is 48.9 Å². The summed E-state index contributed by atoms with van der Waals surface area (Å²) in [5.74, 6) is 0. The van der Waals surface area contributed by atoms with E-state index < -0.39 is 7.26 Å². The molecule has 4 aromatic carbocycles. The lowest BCUT2D eigenvalue weighted by Crippen LogP contribution is -2.32. The molecule has 0 heterocycles. The van der Waals surface area contributed by atoms with Crippen molar-refractivity contribution in [3.05, 3.63) is 126 Å². The number of rotatable bonds is 5. The number of aryl methyl sites for hydroxylation is 1. The van der Waals surface area contributed by atoms with Gasteiger partial charge in [0.15, 0.2) is 0 Å². The average molecular weight is 404 g/mol. The maximum Gasteiger partial charge on any atom is 0.116 e. The summed E-state index contributed by atoms with van der Waals surface area (Å²) in [4.78, 5) is 0. The molecule has 140 valence electrons. The monoisotopic (exact) mass is 403 g/mol. The van der Waals surface area contributed by atoms with Gasteiger partial charge in [-0.15, -0.1) is 12.4 Å². The first-order valence-corrected chi connectivity index (χ1v) is 11.4. The molecule has 4 aromatic rings. The quantitative estimate of drug-likeness (QED) is 0.363. The van der Waals surface area contributed by atoms with Crippen molar-refractivity contribution in [2.45, 2.75) is 13.1 Å². The van der Waals surface area contributed by atoms with Gasteiger partial charge in [0, 0.05) is 0 Å². The van der Waals surface area contributed by atoms with Gasteiger partial charge in [-0.2, -0.15) is 0 Å². The van der Waals surface area contributed by atoms with Crippen LogP contribution in [0.3, 0.4) is 0 Å². The van der Waals surface area contributed by atoms with Crippen LogP contribution in [-0.4, -0.2) is 0 Å². The highest BCUT2D eigenvalue weighted by Crippen LogP contribution is 2.58. The van der Waals surface area contributed by atoms with Crippen molar-refractivity contribution < 1.29 is 0 Å². The normalized spacial score (nSPS) is 10.9. The lowest BCUT2D eigenvalue weighted by Gasteiger charge is -2.28. The fourth-order valence-corrected chi connectivity index (χ4v) is 8.08. The van der Waals surface area contributed by atoms with Crippen LogP contribution in [0.5, 0.6) is 0 Å². The molecule has 0 atom stereocenters. The minimum absolute atomic E-state index is 0. The van der Waals surface area contributed by atoms with Gasteiger partial charge in [0.05, 0.1) is 6.16 Å². The Hall–Kier alpha value is -2.40. The molecular formula is C26H25ClP+. The van der Waals surface area contributed by atoms with E-state index in [1.54, 1.807) is 0 Å². The van der Waals surface area contributed by atoms with E-state index in [2.05, 4.69) is 122 Å². The van der Waals surface area contributed by atoms with Crippen molar-refractivity contribution in [3.63, 3.8) is 0 Å². The molecule has 0 unspecified atom stereocenters. The molecule has 0 bridgehead atoms. The molecular weight excluding hydrogens is 379 g/mol. The minimum Gasteiger partial charge on any atom is -0.147 e. The fraction of sp³-hybridized carbons (Fsp3) is 0.0769. The Bertz CT molecular complexity index is 901. The first-order chi connectivity index (χ1) is 13.3. The van der Waals surface area contributed by atoms with Crippen LogP contribution < -0.4 is 15.9 Å². The molecule has 0 fully saturated rings. The van der Waals surface area contributed by atoms with E-state index in [9.17, 15) is 0 Å². The van der Waals surface area contributed by atoms with Crippen LogP contribution in [-0.2, 0) is 6.16 Å². The first kappa shape index (κ1) is 20.3. The molecule has 0 radical (unpaired) electrons. The Kier molecular flexibility index (Phi) is 6.68. The highest BCUT2D eigenvalue weighted by atomic mass is 35.5. The van der Waals surface area contributed by atoms with Crippen molar-refractivity contribution in [1.82, 2.24) is 0 Å². The van der Waals surface area contributed by atoms with Crippen molar-refractivity contribution in [2.24, 2.45) is 0 Å². The van der Waals surface area contributed by atoms with Crippen molar-refractivity contribution in [2.75, 3.05) is 0 Å². The number of hydrogen-bond donors (Lipinski definition) is 0. The molecule has 0 amide bonds. The number of hydrogen-bond acceptors (Lipinski definition) is 0. The zero-order chi connectivity index (χ0) is 18.5. The first-order valence-electron chi connectivity index (χ1n) is 9.39. The summed E-state index contributed by atoms with van der Waals surface area (Å²) in [6, 6.07) is 42.2. The Labute approximate surface area is 175 Å². The van der Waals surface area contributed by atoms with Crippen LogP contribution in [0, 0.1) is 6.92 Å². The maximum absolute atomic E-state index is 2.34.